The number of hydrogen-bond donors (Lipinski definition) is 0. The van der Waals surface area contributed by atoms with Crippen molar-refractivity contribution in [3.63, 3.8) is 0 Å². The standard InChI is InChI=1S/C32H33N3O5S/c1-39-26-16-18-27(19-17-26)41(37,38)35(24-25-10-4-3-5-11-25)29-13-7-6-12-28(29)32(36)34-22-20-33(21-23-34)30-14-8-9-15-31(30)40-2/h3-19H,20-24H2,1-2H3. The molecule has 0 spiro atoms. The van der Waals surface area contributed by atoms with Crippen LogP contribution >= 0.6 is 0 Å². The highest BCUT2D eigenvalue weighted by Gasteiger charge is 2.31. The number of amides is 1. The molecule has 0 radical (unpaired) electrons. The summed E-state index contributed by atoms with van der Waals surface area (Å²) in [5.74, 6) is 1.14. The Morgan fingerprint density at radius 1 is 0.756 bits per heavy atom. The Kier molecular flexibility index (Phi) is 8.45. The molecule has 1 fully saturated rings. The summed E-state index contributed by atoms with van der Waals surface area (Å²) >= 11 is 0. The van der Waals surface area contributed by atoms with Gasteiger partial charge in [-0.05, 0) is 54.1 Å². The van der Waals surface area contributed by atoms with E-state index in [2.05, 4.69) is 4.90 Å². The van der Waals surface area contributed by atoms with Gasteiger partial charge < -0.3 is 19.3 Å². The summed E-state index contributed by atoms with van der Waals surface area (Å²) in [6, 6.07) is 30.4. The summed E-state index contributed by atoms with van der Waals surface area (Å²) in [4.78, 5) is 18.0. The molecule has 9 heteroatoms. The van der Waals surface area contributed by atoms with Gasteiger partial charge >= 0.3 is 0 Å². The fourth-order valence-corrected chi connectivity index (χ4v) is 6.48. The number of ether oxygens (including phenoxy) is 2. The molecule has 0 unspecified atom stereocenters. The van der Waals surface area contributed by atoms with Gasteiger partial charge in [0.05, 0.1) is 42.6 Å². The molecule has 0 bridgehead atoms. The Bertz CT molecular complexity index is 1590. The molecule has 1 amide bonds. The van der Waals surface area contributed by atoms with E-state index in [4.69, 9.17) is 9.47 Å². The van der Waals surface area contributed by atoms with Crippen LogP contribution in [0.5, 0.6) is 11.5 Å². The van der Waals surface area contributed by atoms with Crippen molar-refractivity contribution < 1.29 is 22.7 Å². The molecular formula is C32H33N3O5S. The minimum atomic E-state index is -4.03. The number of carbonyl (C=O) groups excluding carboxylic acids is 1. The van der Waals surface area contributed by atoms with Crippen molar-refractivity contribution >= 4 is 27.3 Å². The van der Waals surface area contributed by atoms with E-state index in [1.165, 1.54) is 23.5 Å². The lowest BCUT2D eigenvalue weighted by Gasteiger charge is -2.37. The van der Waals surface area contributed by atoms with Crippen LogP contribution < -0.4 is 18.7 Å². The van der Waals surface area contributed by atoms with Gasteiger partial charge in [-0.15, -0.1) is 0 Å². The highest BCUT2D eigenvalue weighted by Crippen LogP contribution is 2.32. The van der Waals surface area contributed by atoms with Crippen molar-refractivity contribution in [1.29, 1.82) is 0 Å². The van der Waals surface area contributed by atoms with E-state index in [1.807, 2.05) is 54.6 Å². The third-order valence-electron chi connectivity index (χ3n) is 7.21. The maximum atomic E-state index is 14.1. The first-order valence-corrected chi connectivity index (χ1v) is 14.8. The van der Waals surface area contributed by atoms with Crippen molar-refractivity contribution in [3.8, 4) is 11.5 Å². The molecule has 0 N–H and O–H groups in total. The van der Waals surface area contributed by atoms with E-state index in [-0.39, 0.29) is 17.3 Å². The Morgan fingerprint density at radius 2 is 1.39 bits per heavy atom. The molecule has 0 aromatic heterocycles. The molecule has 5 rings (SSSR count). The SMILES string of the molecule is COc1ccc(S(=O)(=O)N(Cc2ccccc2)c2ccccc2C(=O)N2CCN(c3ccccc3OC)CC2)cc1. The van der Waals surface area contributed by atoms with Crippen LogP contribution in [0.25, 0.3) is 0 Å². The van der Waals surface area contributed by atoms with E-state index < -0.39 is 10.0 Å². The molecule has 0 aliphatic carbocycles. The van der Waals surface area contributed by atoms with Crippen molar-refractivity contribution in [2.45, 2.75) is 11.4 Å². The van der Waals surface area contributed by atoms with Crippen molar-refractivity contribution in [2.24, 2.45) is 0 Å². The molecule has 212 valence electrons. The van der Waals surface area contributed by atoms with Gasteiger partial charge in [-0.1, -0.05) is 54.6 Å². The third-order valence-corrected chi connectivity index (χ3v) is 8.99. The molecule has 1 aliphatic heterocycles. The van der Waals surface area contributed by atoms with Gasteiger partial charge in [-0.25, -0.2) is 8.42 Å². The maximum Gasteiger partial charge on any atom is 0.264 e. The van der Waals surface area contributed by atoms with Crippen LogP contribution in [0.1, 0.15) is 15.9 Å². The first-order valence-electron chi connectivity index (χ1n) is 13.4. The van der Waals surface area contributed by atoms with Crippen LogP contribution in [0.3, 0.4) is 0 Å². The van der Waals surface area contributed by atoms with Crippen molar-refractivity contribution in [1.82, 2.24) is 4.90 Å². The van der Waals surface area contributed by atoms with E-state index in [0.29, 0.717) is 43.2 Å². The van der Waals surface area contributed by atoms with E-state index in [1.54, 1.807) is 48.4 Å². The lowest BCUT2D eigenvalue weighted by atomic mass is 10.1. The first kappa shape index (κ1) is 28.0. The Balaban J connectivity index is 1.45. The van der Waals surface area contributed by atoms with Crippen LogP contribution in [0, 0.1) is 0 Å². The molecule has 1 saturated heterocycles. The zero-order chi connectivity index (χ0) is 28.8. The molecule has 8 nitrogen and oxygen atoms in total. The van der Waals surface area contributed by atoms with Gasteiger partial charge in [-0.3, -0.25) is 9.10 Å². The lowest BCUT2D eigenvalue weighted by molar-refractivity contribution is 0.0747. The number of rotatable bonds is 9. The average Bonchev–Trinajstić information content (AvgIpc) is 3.04. The minimum absolute atomic E-state index is 0.0705. The number of carbonyl (C=O) groups is 1. The number of hydrogen-bond acceptors (Lipinski definition) is 6. The molecule has 1 aliphatic rings. The van der Waals surface area contributed by atoms with Gasteiger partial charge in [0.2, 0.25) is 0 Å². The maximum absolute atomic E-state index is 14.1. The summed E-state index contributed by atoms with van der Waals surface area (Å²) < 4.78 is 40.2. The molecule has 4 aromatic rings. The number of anilines is 2. The molecule has 4 aromatic carbocycles. The number of piperazine rings is 1. The second kappa shape index (κ2) is 12.3. The Morgan fingerprint density at radius 3 is 2.07 bits per heavy atom. The highest BCUT2D eigenvalue weighted by atomic mass is 32.2. The average molecular weight is 572 g/mol. The molecule has 1 heterocycles. The topological polar surface area (TPSA) is 79.4 Å². The zero-order valence-corrected chi connectivity index (χ0v) is 24.0. The molecule has 41 heavy (non-hydrogen) atoms. The van der Waals surface area contributed by atoms with E-state index >= 15 is 0 Å². The number of nitrogens with zero attached hydrogens (tertiary/aromatic N) is 3. The van der Waals surface area contributed by atoms with Gasteiger partial charge in [0, 0.05) is 26.2 Å². The van der Waals surface area contributed by atoms with Crippen LogP contribution in [-0.2, 0) is 16.6 Å². The fourth-order valence-electron chi connectivity index (χ4n) is 5.01. The Labute approximate surface area is 241 Å². The number of benzene rings is 4. The third kappa shape index (κ3) is 6.00. The van der Waals surface area contributed by atoms with Gasteiger partial charge in [0.15, 0.2) is 0 Å². The monoisotopic (exact) mass is 571 g/mol. The largest absolute Gasteiger partial charge is 0.497 e. The molecular weight excluding hydrogens is 538 g/mol. The molecule has 0 saturated carbocycles. The van der Waals surface area contributed by atoms with Gasteiger partial charge in [0.1, 0.15) is 11.5 Å². The summed E-state index contributed by atoms with van der Waals surface area (Å²) in [5.41, 5.74) is 2.47. The van der Waals surface area contributed by atoms with Crippen LogP contribution in [-0.4, -0.2) is 59.6 Å². The van der Waals surface area contributed by atoms with Crippen LogP contribution in [0.2, 0.25) is 0 Å². The Hall–Kier alpha value is -4.50. The van der Waals surface area contributed by atoms with Crippen molar-refractivity contribution in [3.05, 3.63) is 114 Å². The smallest absolute Gasteiger partial charge is 0.264 e. The number of para-hydroxylation sites is 3. The van der Waals surface area contributed by atoms with Crippen molar-refractivity contribution in [2.75, 3.05) is 49.6 Å². The van der Waals surface area contributed by atoms with E-state index in [0.717, 1.165) is 17.0 Å². The fraction of sp³-hybridized carbons (Fsp3) is 0.219. The lowest BCUT2D eigenvalue weighted by Crippen LogP contribution is -2.49. The van der Waals surface area contributed by atoms with Gasteiger partial charge in [-0.2, -0.15) is 0 Å². The highest BCUT2D eigenvalue weighted by molar-refractivity contribution is 7.92. The first-order chi connectivity index (χ1) is 19.9. The quantitative estimate of drug-likeness (QED) is 0.279. The summed E-state index contributed by atoms with van der Waals surface area (Å²) in [6.45, 7) is 2.32. The summed E-state index contributed by atoms with van der Waals surface area (Å²) in [5, 5.41) is 0. The second-order valence-corrected chi connectivity index (χ2v) is 11.5. The predicted octanol–water partition coefficient (Wildman–Crippen LogP) is 5.06. The van der Waals surface area contributed by atoms with Crippen LogP contribution in [0.15, 0.2) is 108 Å². The van der Waals surface area contributed by atoms with Crippen LogP contribution in [0.4, 0.5) is 11.4 Å². The van der Waals surface area contributed by atoms with Gasteiger partial charge in [0.25, 0.3) is 15.9 Å². The van der Waals surface area contributed by atoms with E-state index in [9.17, 15) is 13.2 Å². The normalized spacial score (nSPS) is 13.5. The minimum Gasteiger partial charge on any atom is -0.497 e. The summed E-state index contributed by atoms with van der Waals surface area (Å²) in [6.07, 6.45) is 0. The predicted molar refractivity (Wildman–Crippen MR) is 160 cm³/mol. The molecule has 0 atom stereocenters. The number of methoxy groups -OCH3 is 2. The number of sulfonamides is 1. The second-order valence-electron chi connectivity index (χ2n) is 9.64. The summed E-state index contributed by atoms with van der Waals surface area (Å²) in [7, 11) is -0.851. The zero-order valence-electron chi connectivity index (χ0n) is 23.1.